The van der Waals surface area contributed by atoms with E-state index in [0.29, 0.717) is 5.02 Å². The fourth-order valence-electron chi connectivity index (χ4n) is 3.06. The van der Waals surface area contributed by atoms with Gasteiger partial charge in [0.05, 0.1) is 6.10 Å². The number of hydrogen-bond acceptors (Lipinski definition) is 1. The van der Waals surface area contributed by atoms with Crippen molar-refractivity contribution in [1.29, 1.82) is 0 Å². The summed E-state index contributed by atoms with van der Waals surface area (Å²) in [6, 6.07) is 17.6. The van der Waals surface area contributed by atoms with Crippen molar-refractivity contribution in [2.45, 2.75) is 58.0 Å². The molecular weight excluding hydrogens is 340 g/mol. The third-order valence-corrected chi connectivity index (χ3v) is 4.96. The van der Waals surface area contributed by atoms with Crippen LogP contribution in [-0.4, -0.2) is 5.11 Å². The Balaban J connectivity index is 2.32. The van der Waals surface area contributed by atoms with Crippen LogP contribution < -0.4 is 0 Å². The molecule has 0 bridgehead atoms. The molecule has 1 N–H and O–H groups in total. The highest BCUT2D eigenvalue weighted by Gasteiger charge is 2.20. The molecule has 0 radical (unpaired) electrons. The van der Waals surface area contributed by atoms with Crippen molar-refractivity contribution in [3.8, 4) is 0 Å². The van der Waals surface area contributed by atoms with Crippen molar-refractivity contribution in [3.63, 3.8) is 0 Å². The second kappa shape index (κ2) is 11.0. The maximum atomic E-state index is 11.0. The second-order valence-electron chi connectivity index (χ2n) is 6.66. The van der Waals surface area contributed by atoms with Gasteiger partial charge in [-0.25, -0.2) is 0 Å². The molecule has 0 saturated carbocycles. The standard InChI is InChI=1S/C24H29ClO/c1-3-5-7-10-19(4-2)13-18-23(20-11-8-6-9-12-20)24(26)21-14-16-22(25)17-15-21/h6,8-9,11-12,14-18,23-24,26H,3-5,7,10H2,1-2H3/t13?,23-,24+/m1/s1. The van der Waals surface area contributed by atoms with Crippen LogP contribution in [0.1, 0.15) is 69.1 Å². The molecule has 1 nitrogen and oxygen atoms in total. The predicted molar refractivity (Wildman–Crippen MR) is 112 cm³/mol. The summed E-state index contributed by atoms with van der Waals surface area (Å²) in [7, 11) is 0. The Morgan fingerprint density at radius 2 is 1.69 bits per heavy atom. The predicted octanol–water partition coefficient (Wildman–Crippen LogP) is 7.23. The van der Waals surface area contributed by atoms with Gasteiger partial charge in [-0.3, -0.25) is 0 Å². The number of rotatable bonds is 9. The lowest BCUT2D eigenvalue weighted by Gasteiger charge is -2.20. The highest BCUT2D eigenvalue weighted by atomic mass is 35.5. The molecule has 2 aromatic rings. The number of hydrogen-bond donors (Lipinski definition) is 1. The van der Waals surface area contributed by atoms with Gasteiger partial charge in [0, 0.05) is 10.9 Å². The normalized spacial score (nSPS) is 12.9. The van der Waals surface area contributed by atoms with Crippen molar-refractivity contribution in [2.24, 2.45) is 0 Å². The van der Waals surface area contributed by atoms with Crippen molar-refractivity contribution < 1.29 is 5.11 Å². The molecule has 26 heavy (non-hydrogen) atoms. The topological polar surface area (TPSA) is 20.2 Å². The molecule has 138 valence electrons. The fourth-order valence-corrected chi connectivity index (χ4v) is 3.19. The van der Waals surface area contributed by atoms with Gasteiger partial charge in [-0.1, -0.05) is 80.8 Å². The lowest BCUT2D eigenvalue weighted by atomic mass is 9.88. The van der Waals surface area contributed by atoms with Crippen LogP contribution in [0.15, 0.2) is 72.0 Å². The molecule has 0 spiro atoms. The maximum absolute atomic E-state index is 11.0. The first-order chi connectivity index (χ1) is 12.7. The first kappa shape index (κ1) is 20.5. The van der Waals surface area contributed by atoms with E-state index in [2.05, 4.69) is 31.7 Å². The molecule has 2 atom stereocenters. The van der Waals surface area contributed by atoms with Crippen LogP contribution in [0, 0.1) is 0 Å². The van der Waals surface area contributed by atoms with Gasteiger partial charge in [-0.15, -0.1) is 5.73 Å². The third kappa shape index (κ3) is 6.18. The zero-order valence-corrected chi connectivity index (χ0v) is 16.5. The largest absolute Gasteiger partial charge is 0.387 e. The van der Waals surface area contributed by atoms with E-state index in [4.69, 9.17) is 11.6 Å². The molecule has 0 saturated heterocycles. The zero-order valence-electron chi connectivity index (χ0n) is 15.8. The number of benzene rings is 2. The Morgan fingerprint density at radius 1 is 1.00 bits per heavy atom. The quantitative estimate of drug-likeness (QED) is 0.365. The summed E-state index contributed by atoms with van der Waals surface area (Å²) in [5.41, 5.74) is 6.77. The van der Waals surface area contributed by atoms with E-state index in [1.807, 2.05) is 48.5 Å². The Labute approximate surface area is 163 Å². The van der Waals surface area contributed by atoms with E-state index >= 15 is 0 Å². The van der Waals surface area contributed by atoms with Gasteiger partial charge in [-0.05, 0) is 54.2 Å². The van der Waals surface area contributed by atoms with Gasteiger partial charge in [0.15, 0.2) is 0 Å². The van der Waals surface area contributed by atoms with Crippen molar-refractivity contribution in [2.75, 3.05) is 0 Å². The van der Waals surface area contributed by atoms with Crippen molar-refractivity contribution in [3.05, 3.63) is 88.1 Å². The highest BCUT2D eigenvalue weighted by Crippen LogP contribution is 2.32. The molecule has 0 aliphatic carbocycles. The third-order valence-electron chi connectivity index (χ3n) is 4.71. The minimum atomic E-state index is -0.629. The van der Waals surface area contributed by atoms with Gasteiger partial charge in [0.1, 0.15) is 0 Å². The molecule has 2 aromatic carbocycles. The lowest BCUT2D eigenvalue weighted by Crippen LogP contribution is -2.08. The van der Waals surface area contributed by atoms with Crippen LogP contribution in [0.25, 0.3) is 0 Å². The SMILES string of the molecule is CCCCCC(=C=C[C@H](c1ccccc1)[C@@H](O)c1ccc(Cl)cc1)CC. The summed E-state index contributed by atoms with van der Waals surface area (Å²) in [5.74, 6) is -0.134. The lowest BCUT2D eigenvalue weighted by molar-refractivity contribution is 0.162. The van der Waals surface area contributed by atoms with Gasteiger partial charge in [0.25, 0.3) is 0 Å². The molecule has 0 heterocycles. The average molecular weight is 369 g/mol. The molecule has 0 unspecified atom stereocenters. The van der Waals surface area contributed by atoms with E-state index < -0.39 is 6.10 Å². The van der Waals surface area contributed by atoms with Crippen molar-refractivity contribution >= 4 is 11.6 Å². The summed E-state index contributed by atoms with van der Waals surface area (Å²) < 4.78 is 0. The zero-order chi connectivity index (χ0) is 18.8. The molecular formula is C24H29ClO. The molecule has 0 aliphatic rings. The number of aliphatic hydroxyl groups is 1. The van der Waals surface area contributed by atoms with E-state index in [9.17, 15) is 5.11 Å². The molecule has 2 rings (SSSR count). The van der Waals surface area contributed by atoms with Crippen molar-refractivity contribution in [1.82, 2.24) is 0 Å². The Morgan fingerprint density at radius 3 is 2.31 bits per heavy atom. The van der Waals surface area contributed by atoms with Crippen LogP contribution in [0.4, 0.5) is 0 Å². The molecule has 0 aromatic heterocycles. The molecule has 2 heteroatoms. The highest BCUT2D eigenvalue weighted by molar-refractivity contribution is 6.30. The van der Waals surface area contributed by atoms with Crippen LogP contribution in [0.5, 0.6) is 0 Å². The molecule has 0 fully saturated rings. The Bertz CT molecular complexity index is 712. The van der Waals surface area contributed by atoms with Gasteiger partial charge in [0.2, 0.25) is 0 Å². The van der Waals surface area contributed by atoms with Crippen LogP contribution >= 0.6 is 11.6 Å². The van der Waals surface area contributed by atoms with E-state index in [1.165, 1.54) is 24.8 Å². The van der Waals surface area contributed by atoms with Crippen LogP contribution in [-0.2, 0) is 0 Å². The Hall–Kier alpha value is -1.79. The molecule has 0 aliphatic heterocycles. The maximum Gasteiger partial charge on any atom is 0.0899 e. The first-order valence-electron chi connectivity index (χ1n) is 9.58. The van der Waals surface area contributed by atoms with Gasteiger partial charge >= 0.3 is 0 Å². The second-order valence-corrected chi connectivity index (χ2v) is 7.09. The summed E-state index contributed by atoms with van der Waals surface area (Å²) >= 11 is 5.99. The van der Waals surface area contributed by atoms with Gasteiger partial charge in [-0.2, -0.15) is 0 Å². The van der Waals surface area contributed by atoms with E-state index in [0.717, 1.165) is 24.0 Å². The summed E-state index contributed by atoms with van der Waals surface area (Å²) in [6.07, 6.45) is 7.17. The molecule has 0 amide bonds. The smallest absolute Gasteiger partial charge is 0.0899 e. The van der Waals surface area contributed by atoms with E-state index in [-0.39, 0.29) is 5.92 Å². The fraction of sp³-hybridized carbons (Fsp3) is 0.375. The number of unbranched alkanes of at least 4 members (excludes halogenated alkanes) is 2. The minimum Gasteiger partial charge on any atom is -0.387 e. The van der Waals surface area contributed by atoms with E-state index in [1.54, 1.807) is 0 Å². The number of halogens is 1. The van der Waals surface area contributed by atoms with Crippen LogP contribution in [0.2, 0.25) is 5.02 Å². The summed E-state index contributed by atoms with van der Waals surface area (Å²) in [5, 5.41) is 11.7. The summed E-state index contributed by atoms with van der Waals surface area (Å²) in [6.45, 7) is 4.40. The summed E-state index contributed by atoms with van der Waals surface area (Å²) in [4.78, 5) is 0. The van der Waals surface area contributed by atoms with Crippen LogP contribution in [0.3, 0.4) is 0 Å². The average Bonchev–Trinajstić information content (AvgIpc) is 2.68. The Kier molecular flexibility index (Phi) is 8.71. The van der Waals surface area contributed by atoms with Gasteiger partial charge < -0.3 is 5.11 Å². The first-order valence-corrected chi connectivity index (χ1v) is 9.96. The minimum absolute atomic E-state index is 0.134. The number of aliphatic hydroxyl groups excluding tert-OH is 1. The monoisotopic (exact) mass is 368 g/mol.